The Bertz CT molecular complexity index is 872. The van der Waals surface area contributed by atoms with Crippen molar-refractivity contribution >= 4 is 17.7 Å². The van der Waals surface area contributed by atoms with Gasteiger partial charge in [0.2, 0.25) is 0 Å². The van der Waals surface area contributed by atoms with E-state index in [1.165, 1.54) is 31.9 Å². The topological polar surface area (TPSA) is 69.7 Å². The number of hydrogen-bond donors (Lipinski definition) is 0. The first-order valence-electron chi connectivity index (χ1n) is 10.7. The van der Waals surface area contributed by atoms with E-state index in [-0.39, 0.29) is 23.3 Å². The highest BCUT2D eigenvalue weighted by atomic mass is 16.5. The summed E-state index contributed by atoms with van der Waals surface area (Å²) in [6.45, 7) is 6.69. The van der Waals surface area contributed by atoms with Gasteiger partial charge in [-0.25, -0.2) is 0 Å². The van der Waals surface area contributed by atoms with E-state index in [1.807, 2.05) is 12.1 Å². The molecule has 0 saturated heterocycles. The Labute approximate surface area is 172 Å². The summed E-state index contributed by atoms with van der Waals surface area (Å²) in [7, 11) is 0. The Morgan fingerprint density at radius 3 is 2.41 bits per heavy atom. The van der Waals surface area contributed by atoms with Crippen LogP contribution in [-0.4, -0.2) is 23.8 Å². The minimum absolute atomic E-state index is 0.0199. The quantitative estimate of drug-likeness (QED) is 0.423. The molecule has 2 saturated carbocycles. The number of carbonyl (C=O) groups excluding carboxylic acids is 3. The van der Waals surface area contributed by atoms with Crippen molar-refractivity contribution in [2.45, 2.75) is 78.2 Å². The fourth-order valence-corrected chi connectivity index (χ4v) is 6.46. The van der Waals surface area contributed by atoms with E-state index >= 15 is 0 Å². The maximum atomic E-state index is 12.2. The molecule has 0 N–H and O–H groups in total. The summed E-state index contributed by atoms with van der Waals surface area (Å²) in [6, 6.07) is 3.89. The molecule has 0 bridgehead atoms. The van der Waals surface area contributed by atoms with Crippen molar-refractivity contribution in [2.24, 2.45) is 17.3 Å². The number of ketones is 1. The van der Waals surface area contributed by atoms with Crippen LogP contribution in [0.15, 0.2) is 12.1 Å². The molecule has 5 atom stereocenters. The van der Waals surface area contributed by atoms with Gasteiger partial charge in [-0.1, -0.05) is 6.92 Å². The van der Waals surface area contributed by atoms with Crippen LogP contribution in [0.4, 0.5) is 0 Å². The molecule has 156 valence electrons. The molecule has 1 aromatic rings. The number of carbonyl (C=O) groups is 3. The fourth-order valence-electron chi connectivity index (χ4n) is 6.46. The Kier molecular flexibility index (Phi) is 5.04. The van der Waals surface area contributed by atoms with Gasteiger partial charge in [-0.15, -0.1) is 0 Å². The first-order valence-corrected chi connectivity index (χ1v) is 10.7. The fraction of sp³-hybridized carbons (Fsp3) is 0.625. The van der Waals surface area contributed by atoms with Crippen molar-refractivity contribution in [3.63, 3.8) is 0 Å². The van der Waals surface area contributed by atoms with E-state index in [9.17, 15) is 14.4 Å². The third-order valence-electron chi connectivity index (χ3n) is 7.68. The molecule has 29 heavy (non-hydrogen) atoms. The summed E-state index contributed by atoms with van der Waals surface area (Å²) in [4.78, 5) is 35.3. The lowest BCUT2D eigenvalue weighted by atomic mass is 9.55. The Hall–Kier alpha value is -2.17. The molecule has 5 nitrogen and oxygen atoms in total. The molecule has 3 aliphatic rings. The van der Waals surface area contributed by atoms with Crippen LogP contribution < -0.4 is 4.74 Å². The van der Waals surface area contributed by atoms with Gasteiger partial charge in [-0.05, 0) is 86.5 Å². The van der Waals surface area contributed by atoms with Crippen molar-refractivity contribution in [2.75, 3.05) is 0 Å². The Morgan fingerprint density at radius 2 is 1.76 bits per heavy atom. The van der Waals surface area contributed by atoms with Crippen LogP contribution in [0.1, 0.15) is 87.2 Å². The van der Waals surface area contributed by atoms with Crippen molar-refractivity contribution in [1.29, 1.82) is 0 Å². The van der Waals surface area contributed by atoms with Crippen LogP contribution in [-0.2, 0) is 20.7 Å². The Morgan fingerprint density at radius 1 is 1.00 bits per heavy atom. The maximum Gasteiger partial charge on any atom is 0.308 e. The molecule has 0 amide bonds. The molecule has 0 spiro atoms. The number of aryl methyl sites for hydroxylation is 1. The second-order valence-electron chi connectivity index (χ2n) is 9.33. The number of benzene rings is 1. The van der Waals surface area contributed by atoms with Crippen LogP contribution in [0.3, 0.4) is 0 Å². The predicted molar refractivity (Wildman–Crippen MR) is 108 cm³/mol. The van der Waals surface area contributed by atoms with E-state index in [4.69, 9.17) is 9.47 Å². The van der Waals surface area contributed by atoms with Gasteiger partial charge in [0.25, 0.3) is 0 Å². The van der Waals surface area contributed by atoms with E-state index in [2.05, 4.69) is 6.92 Å². The van der Waals surface area contributed by atoms with E-state index in [1.54, 1.807) is 0 Å². The van der Waals surface area contributed by atoms with Crippen molar-refractivity contribution < 1.29 is 23.9 Å². The minimum atomic E-state index is -0.406. The number of esters is 2. The molecular weight excluding hydrogens is 368 g/mol. The number of hydrogen-bond acceptors (Lipinski definition) is 5. The van der Waals surface area contributed by atoms with Gasteiger partial charge >= 0.3 is 11.9 Å². The highest BCUT2D eigenvalue weighted by Gasteiger charge is 2.56. The summed E-state index contributed by atoms with van der Waals surface area (Å²) in [5.74, 6) is 1.21. The Balaban J connectivity index is 1.67. The van der Waals surface area contributed by atoms with Crippen molar-refractivity contribution in [3.05, 3.63) is 28.8 Å². The summed E-state index contributed by atoms with van der Waals surface area (Å²) < 4.78 is 11.0. The number of ether oxygens (including phenoxy) is 2. The molecule has 2 fully saturated rings. The maximum absolute atomic E-state index is 12.2. The standard InChI is InChI=1S/C24H30O5/c1-13(25)19-12-20-16(11-22(19)28-14(2)26)5-6-18-17(20)9-10-24(4)21(18)7-8-23(24)29-15(3)27/h11-12,17-18,21,23H,5-10H2,1-4H3/t17-,18+,21-,23?,24-/m0/s1. The first kappa shape index (κ1) is 20.1. The van der Waals surface area contributed by atoms with Gasteiger partial charge in [0.05, 0.1) is 5.56 Å². The lowest BCUT2D eigenvalue weighted by Crippen LogP contribution is -2.45. The van der Waals surface area contributed by atoms with Crippen LogP contribution in [0.25, 0.3) is 0 Å². The highest BCUT2D eigenvalue weighted by molar-refractivity contribution is 5.98. The zero-order valence-electron chi connectivity index (χ0n) is 17.7. The first-order chi connectivity index (χ1) is 13.7. The highest BCUT2D eigenvalue weighted by Crippen LogP contribution is 2.61. The second kappa shape index (κ2) is 7.26. The van der Waals surface area contributed by atoms with Gasteiger partial charge in [0, 0.05) is 19.3 Å². The van der Waals surface area contributed by atoms with Gasteiger partial charge in [-0.2, -0.15) is 0 Å². The third kappa shape index (κ3) is 3.38. The molecule has 0 aromatic heterocycles. The normalized spacial score (nSPS) is 32.6. The van der Waals surface area contributed by atoms with Gasteiger partial charge in [0.1, 0.15) is 11.9 Å². The molecule has 0 heterocycles. The summed E-state index contributed by atoms with van der Waals surface area (Å²) >= 11 is 0. The summed E-state index contributed by atoms with van der Waals surface area (Å²) in [5, 5.41) is 0. The number of fused-ring (bicyclic) bond motifs is 5. The lowest BCUT2D eigenvalue weighted by Gasteiger charge is -2.50. The lowest BCUT2D eigenvalue weighted by molar-refractivity contribution is -0.154. The monoisotopic (exact) mass is 398 g/mol. The molecule has 0 radical (unpaired) electrons. The van der Waals surface area contributed by atoms with Crippen LogP contribution >= 0.6 is 0 Å². The van der Waals surface area contributed by atoms with Crippen LogP contribution in [0, 0.1) is 17.3 Å². The average Bonchev–Trinajstić information content (AvgIpc) is 2.96. The molecule has 3 aliphatic carbocycles. The molecule has 0 aliphatic heterocycles. The molecule has 4 rings (SSSR count). The molecule has 1 unspecified atom stereocenters. The largest absolute Gasteiger partial charge is 0.462 e. The smallest absolute Gasteiger partial charge is 0.308 e. The minimum Gasteiger partial charge on any atom is -0.462 e. The number of rotatable bonds is 3. The zero-order valence-corrected chi connectivity index (χ0v) is 17.7. The SMILES string of the molecule is CC(=O)Oc1cc2c(cc1C(C)=O)[C@H]1CC[C@]3(C)C(OC(C)=O)CC[C@H]3[C@@H]1CC2. The zero-order chi connectivity index (χ0) is 20.9. The number of Topliss-reactive ketones (excluding diaryl/α,β-unsaturated/α-hetero) is 1. The average molecular weight is 398 g/mol. The second-order valence-corrected chi connectivity index (χ2v) is 9.33. The van der Waals surface area contributed by atoms with Crippen LogP contribution in [0.5, 0.6) is 5.75 Å². The van der Waals surface area contributed by atoms with E-state index in [0.717, 1.165) is 38.5 Å². The van der Waals surface area contributed by atoms with Gasteiger partial charge < -0.3 is 9.47 Å². The summed E-state index contributed by atoms with van der Waals surface area (Å²) in [6.07, 6.45) is 6.13. The van der Waals surface area contributed by atoms with Gasteiger partial charge in [0.15, 0.2) is 5.78 Å². The van der Waals surface area contributed by atoms with Gasteiger partial charge in [-0.3, -0.25) is 14.4 Å². The van der Waals surface area contributed by atoms with E-state index < -0.39 is 5.97 Å². The van der Waals surface area contributed by atoms with Crippen LogP contribution in [0.2, 0.25) is 0 Å². The predicted octanol–water partition coefficient (Wildman–Crippen LogP) is 4.60. The van der Waals surface area contributed by atoms with E-state index in [0.29, 0.717) is 29.1 Å². The summed E-state index contributed by atoms with van der Waals surface area (Å²) in [5.41, 5.74) is 2.99. The molecular formula is C24H30O5. The molecule has 5 heteroatoms. The third-order valence-corrected chi connectivity index (χ3v) is 7.68. The van der Waals surface area contributed by atoms with Crippen molar-refractivity contribution in [3.8, 4) is 5.75 Å². The molecule has 1 aromatic carbocycles. The van der Waals surface area contributed by atoms with Crippen molar-refractivity contribution in [1.82, 2.24) is 0 Å².